The van der Waals surface area contributed by atoms with Crippen molar-refractivity contribution in [3.63, 3.8) is 0 Å². The number of rotatable bonds is 2. The maximum Gasteiger partial charge on any atom is 0.227 e. The summed E-state index contributed by atoms with van der Waals surface area (Å²) in [5.41, 5.74) is 3.23. The van der Waals surface area contributed by atoms with Crippen molar-refractivity contribution in [1.29, 1.82) is 0 Å². The van der Waals surface area contributed by atoms with Gasteiger partial charge in [-0.05, 0) is 41.7 Å². The van der Waals surface area contributed by atoms with Gasteiger partial charge >= 0.3 is 0 Å². The van der Waals surface area contributed by atoms with Crippen LogP contribution < -0.4 is 4.90 Å². The second-order valence-electron chi connectivity index (χ2n) is 5.24. The van der Waals surface area contributed by atoms with Crippen LogP contribution in [0.25, 0.3) is 0 Å². The number of fused-ring (bicyclic) bond motifs is 1. The van der Waals surface area contributed by atoms with Gasteiger partial charge in [0.05, 0.1) is 0 Å². The fourth-order valence-electron chi connectivity index (χ4n) is 2.82. The molecule has 1 aliphatic rings. The molecule has 2 aromatic rings. The number of halogens is 1. The smallest absolute Gasteiger partial charge is 0.227 e. The van der Waals surface area contributed by atoms with Crippen molar-refractivity contribution in [2.24, 2.45) is 0 Å². The summed E-state index contributed by atoms with van der Waals surface area (Å²) in [7, 11) is 1.81. The Balaban J connectivity index is 1.92. The molecule has 3 heteroatoms. The molecule has 0 radical (unpaired) electrons. The maximum absolute atomic E-state index is 13.0. The number of carbonyl (C=O) groups is 1. The Morgan fingerprint density at radius 2 is 1.85 bits per heavy atom. The Morgan fingerprint density at radius 1 is 1.15 bits per heavy atom. The third kappa shape index (κ3) is 2.31. The summed E-state index contributed by atoms with van der Waals surface area (Å²) in [6.45, 7) is 0. The number of carbonyl (C=O) groups excluding carboxylic acids is 1. The van der Waals surface area contributed by atoms with Crippen LogP contribution in [0.5, 0.6) is 0 Å². The highest BCUT2D eigenvalue weighted by molar-refractivity contribution is 5.96. The summed E-state index contributed by atoms with van der Waals surface area (Å²) >= 11 is 0. The van der Waals surface area contributed by atoms with Gasteiger partial charge < -0.3 is 4.90 Å². The molecule has 2 nitrogen and oxygen atoms in total. The zero-order valence-electron chi connectivity index (χ0n) is 11.3. The fraction of sp³-hybridized carbons (Fsp3) is 0.235. The van der Waals surface area contributed by atoms with Crippen LogP contribution in [0, 0.1) is 5.82 Å². The first-order chi connectivity index (χ1) is 9.65. The first-order valence-electron chi connectivity index (χ1n) is 6.75. The normalized spacial score (nSPS) is 18.0. The van der Waals surface area contributed by atoms with Gasteiger partial charge in [-0.2, -0.15) is 0 Å². The SMILES string of the molecule is CN1C(=O)CC(Cc2ccc(F)cc2)c2ccccc21. The minimum atomic E-state index is -0.228. The van der Waals surface area contributed by atoms with Gasteiger partial charge in [0.15, 0.2) is 0 Å². The predicted molar refractivity (Wildman–Crippen MR) is 77.3 cm³/mol. The first-order valence-corrected chi connectivity index (χ1v) is 6.75. The van der Waals surface area contributed by atoms with Crippen LogP contribution in [0.2, 0.25) is 0 Å². The van der Waals surface area contributed by atoms with Crippen LogP contribution in [0.15, 0.2) is 48.5 Å². The molecule has 0 spiro atoms. The van der Waals surface area contributed by atoms with Crippen molar-refractivity contribution in [1.82, 2.24) is 0 Å². The highest BCUT2D eigenvalue weighted by Gasteiger charge is 2.28. The molecule has 1 unspecified atom stereocenters. The van der Waals surface area contributed by atoms with Crippen molar-refractivity contribution in [2.45, 2.75) is 18.8 Å². The van der Waals surface area contributed by atoms with Gasteiger partial charge in [0.25, 0.3) is 0 Å². The predicted octanol–water partition coefficient (Wildman–Crippen LogP) is 3.52. The van der Waals surface area contributed by atoms with Crippen LogP contribution in [0.4, 0.5) is 10.1 Å². The molecular formula is C17H16FNO. The Hall–Kier alpha value is -2.16. The summed E-state index contributed by atoms with van der Waals surface area (Å²) in [4.78, 5) is 13.8. The third-order valence-corrected chi connectivity index (χ3v) is 3.93. The summed E-state index contributed by atoms with van der Waals surface area (Å²) in [6, 6.07) is 14.5. The van der Waals surface area contributed by atoms with E-state index in [-0.39, 0.29) is 17.6 Å². The number of amides is 1. The highest BCUT2D eigenvalue weighted by Crippen LogP contribution is 2.36. The van der Waals surface area contributed by atoms with Crippen LogP contribution in [0.3, 0.4) is 0 Å². The van der Waals surface area contributed by atoms with Crippen molar-refractivity contribution in [3.05, 3.63) is 65.5 Å². The molecule has 2 aromatic carbocycles. The molecule has 0 N–H and O–H groups in total. The molecule has 20 heavy (non-hydrogen) atoms. The van der Waals surface area contributed by atoms with Gasteiger partial charge in [0.2, 0.25) is 5.91 Å². The summed E-state index contributed by atoms with van der Waals surface area (Å²) < 4.78 is 13.0. The van der Waals surface area contributed by atoms with E-state index in [0.717, 1.165) is 17.7 Å². The third-order valence-electron chi connectivity index (χ3n) is 3.93. The van der Waals surface area contributed by atoms with E-state index in [0.29, 0.717) is 6.42 Å². The average molecular weight is 269 g/mol. The second-order valence-corrected chi connectivity index (χ2v) is 5.24. The van der Waals surface area contributed by atoms with Crippen LogP contribution in [-0.4, -0.2) is 13.0 Å². The lowest BCUT2D eigenvalue weighted by atomic mass is 9.85. The Bertz CT molecular complexity index is 636. The molecule has 0 fully saturated rings. The summed E-state index contributed by atoms with van der Waals surface area (Å²) in [5.74, 6) is 0.0739. The van der Waals surface area contributed by atoms with Crippen LogP contribution >= 0.6 is 0 Å². The highest BCUT2D eigenvalue weighted by atomic mass is 19.1. The molecule has 0 saturated heterocycles. The van der Waals surface area contributed by atoms with Crippen molar-refractivity contribution in [3.8, 4) is 0 Å². The van der Waals surface area contributed by atoms with Crippen molar-refractivity contribution >= 4 is 11.6 Å². The quantitative estimate of drug-likeness (QED) is 0.817. The Kier molecular flexibility index (Phi) is 3.26. The molecule has 0 aromatic heterocycles. The number of para-hydroxylation sites is 1. The van der Waals surface area contributed by atoms with Crippen LogP contribution in [-0.2, 0) is 11.2 Å². The van der Waals surface area contributed by atoms with E-state index in [1.807, 2.05) is 25.2 Å². The molecule has 0 saturated carbocycles. The van der Waals surface area contributed by atoms with Gasteiger partial charge in [-0.25, -0.2) is 4.39 Å². The Morgan fingerprint density at radius 3 is 2.60 bits per heavy atom. The van der Waals surface area contributed by atoms with Gasteiger partial charge in [0.1, 0.15) is 5.82 Å². The maximum atomic E-state index is 13.0. The number of hydrogen-bond acceptors (Lipinski definition) is 1. The molecule has 1 aliphatic heterocycles. The molecule has 102 valence electrons. The molecule has 0 aliphatic carbocycles. The van der Waals surface area contributed by atoms with E-state index in [4.69, 9.17) is 0 Å². The van der Waals surface area contributed by atoms with Gasteiger partial charge in [0, 0.05) is 19.2 Å². The van der Waals surface area contributed by atoms with Crippen molar-refractivity contribution in [2.75, 3.05) is 11.9 Å². The van der Waals surface area contributed by atoms with E-state index < -0.39 is 0 Å². The fourth-order valence-corrected chi connectivity index (χ4v) is 2.82. The molecular weight excluding hydrogens is 253 g/mol. The molecule has 1 heterocycles. The average Bonchev–Trinajstić information content (AvgIpc) is 2.47. The minimum Gasteiger partial charge on any atom is -0.315 e. The number of hydrogen-bond donors (Lipinski definition) is 0. The molecule has 0 bridgehead atoms. The van der Waals surface area contributed by atoms with E-state index in [1.165, 1.54) is 17.7 Å². The standard InChI is InChI=1S/C17H16FNO/c1-19-16-5-3-2-4-15(16)13(11-17(19)20)10-12-6-8-14(18)9-7-12/h2-9,13H,10-11H2,1H3. The summed E-state index contributed by atoms with van der Waals surface area (Å²) in [6.07, 6.45) is 1.27. The largest absolute Gasteiger partial charge is 0.315 e. The van der Waals surface area contributed by atoms with E-state index in [1.54, 1.807) is 17.0 Å². The monoisotopic (exact) mass is 269 g/mol. The van der Waals surface area contributed by atoms with E-state index >= 15 is 0 Å². The summed E-state index contributed by atoms with van der Waals surface area (Å²) in [5, 5.41) is 0. The lowest BCUT2D eigenvalue weighted by Gasteiger charge is -2.31. The molecule has 1 atom stereocenters. The zero-order chi connectivity index (χ0) is 14.1. The lowest BCUT2D eigenvalue weighted by Crippen LogP contribution is -2.33. The number of nitrogens with zero attached hydrogens (tertiary/aromatic N) is 1. The van der Waals surface area contributed by atoms with Gasteiger partial charge in [-0.15, -0.1) is 0 Å². The van der Waals surface area contributed by atoms with Gasteiger partial charge in [-0.3, -0.25) is 4.79 Å². The molecule has 3 rings (SSSR count). The zero-order valence-corrected chi connectivity index (χ0v) is 11.3. The van der Waals surface area contributed by atoms with Crippen molar-refractivity contribution < 1.29 is 9.18 Å². The minimum absolute atomic E-state index is 0.135. The number of benzene rings is 2. The topological polar surface area (TPSA) is 20.3 Å². The second kappa shape index (κ2) is 5.08. The lowest BCUT2D eigenvalue weighted by molar-refractivity contribution is -0.119. The van der Waals surface area contributed by atoms with Crippen LogP contribution in [0.1, 0.15) is 23.5 Å². The first kappa shape index (κ1) is 12.9. The van der Waals surface area contributed by atoms with Gasteiger partial charge in [-0.1, -0.05) is 30.3 Å². The molecule has 1 amide bonds. The Labute approximate surface area is 117 Å². The van der Waals surface area contributed by atoms with E-state index in [2.05, 4.69) is 6.07 Å². The van der Waals surface area contributed by atoms with E-state index in [9.17, 15) is 9.18 Å². The number of anilines is 1.